The van der Waals surface area contributed by atoms with Gasteiger partial charge in [-0.3, -0.25) is 4.79 Å². The zero-order valence-electron chi connectivity index (χ0n) is 19.9. The lowest BCUT2D eigenvalue weighted by atomic mass is 9.89. The molecule has 6 heteroatoms. The highest BCUT2D eigenvalue weighted by Crippen LogP contribution is 2.39. The number of nitrogens with two attached hydrogens (primary N) is 1. The van der Waals surface area contributed by atoms with Crippen molar-refractivity contribution in [1.82, 2.24) is 9.88 Å². The van der Waals surface area contributed by atoms with Crippen molar-refractivity contribution in [2.24, 2.45) is 0 Å². The monoisotopic (exact) mass is 464 g/mol. The number of nitrogens with zero attached hydrogens (tertiary/aromatic N) is 2. The molecule has 1 aromatic heterocycles. The quantitative estimate of drug-likeness (QED) is 0.425. The van der Waals surface area contributed by atoms with Crippen molar-refractivity contribution in [3.8, 4) is 0 Å². The van der Waals surface area contributed by atoms with Crippen LogP contribution in [0.2, 0.25) is 0 Å². The number of pyridine rings is 1. The Bertz CT molecular complexity index is 1450. The Kier molecular flexibility index (Phi) is 5.19. The van der Waals surface area contributed by atoms with E-state index in [0.717, 1.165) is 39.7 Å². The standard InChI is InChI=1S/C29H28N4O2/c1-17-27-24(16-35-17)23-13-20(9-12-25(23)32-28(27)30)29(34)33-15-21-6-4-3-5-19(21)14-26(33)18-7-10-22(31-2)11-8-18/h3-13,17,26,31H,14-16H2,1-2H3,(H2,30,32). The predicted molar refractivity (Wildman–Crippen MR) is 138 cm³/mol. The maximum absolute atomic E-state index is 14.0. The van der Waals surface area contributed by atoms with Crippen LogP contribution in [0.1, 0.15) is 57.2 Å². The second kappa shape index (κ2) is 8.40. The molecular weight excluding hydrogens is 436 g/mol. The number of amides is 1. The molecule has 0 saturated heterocycles. The molecule has 35 heavy (non-hydrogen) atoms. The summed E-state index contributed by atoms with van der Waals surface area (Å²) in [5.74, 6) is 0.524. The van der Waals surface area contributed by atoms with Crippen LogP contribution in [0, 0.1) is 0 Å². The van der Waals surface area contributed by atoms with Gasteiger partial charge in [0.1, 0.15) is 5.82 Å². The zero-order valence-corrected chi connectivity index (χ0v) is 19.9. The molecule has 0 radical (unpaired) electrons. The van der Waals surface area contributed by atoms with Gasteiger partial charge in [-0.2, -0.15) is 0 Å². The first kappa shape index (κ1) is 21.6. The Balaban J connectivity index is 1.42. The third kappa shape index (κ3) is 3.61. The van der Waals surface area contributed by atoms with Crippen molar-refractivity contribution in [3.05, 3.63) is 100 Å². The molecule has 2 atom stereocenters. The van der Waals surface area contributed by atoms with E-state index >= 15 is 0 Å². The maximum Gasteiger partial charge on any atom is 0.254 e. The van der Waals surface area contributed by atoms with Gasteiger partial charge in [-0.1, -0.05) is 36.4 Å². The number of rotatable bonds is 3. The largest absolute Gasteiger partial charge is 0.388 e. The van der Waals surface area contributed by atoms with Crippen molar-refractivity contribution in [1.29, 1.82) is 0 Å². The Morgan fingerprint density at radius 2 is 1.86 bits per heavy atom. The van der Waals surface area contributed by atoms with Crippen molar-refractivity contribution >= 4 is 28.3 Å². The number of hydrogen-bond acceptors (Lipinski definition) is 5. The summed E-state index contributed by atoms with van der Waals surface area (Å²) in [5, 5.41) is 4.11. The first-order valence-corrected chi connectivity index (χ1v) is 12.0. The average Bonchev–Trinajstić information content (AvgIpc) is 3.30. The van der Waals surface area contributed by atoms with E-state index in [0.29, 0.717) is 24.5 Å². The lowest BCUT2D eigenvalue weighted by molar-refractivity contribution is 0.0638. The van der Waals surface area contributed by atoms with Crippen molar-refractivity contribution < 1.29 is 9.53 Å². The van der Waals surface area contributed by atoms with E-state index in [1.54, 1.807) is 0 Å². The van der Waals surface area contributed by atoms with Gasteiger partial charge in [0.2, 0.25) is 0 Å². The Labute approximate surface area is 204 Å². The fraction of sp³-hybridized carbons (Fsp3) is 0.241. The fourth-order valence-corrected chi connectivity index (χ4v) is 5.47. The number of anilines is 2. The van der Waals surface area contributed by atoms with E-state index in [-0.39, 0.29) is 18.1 Å². The highest BCUT2D eigenvalue weighted by molar-refractivity contribution is 5.99. The van der Waals surface area contributed by atoms with Gasteiger partial charge in [-0.25, -0.2) is 4.98 Å². The Morgan fingerprint density at radius 3 is 2.63 bits per heavy atom. The fourth-order valence-electron chi connectivity index (χ4n) is 5.47. The molecule has 6 rings (SSSR count). The normalized spacial score (nSPS) is 18.9. The molecule has 0 fully saturated rings. The van der Waals surface area contributed by atoms with E-state index in [9.17, 15) is 4.79 Å². The van der Waals surface area contributed by atoms with Gasteiger partial charge in [-0.05, 0) is 65.9 Å². The van der Waals surface area contributed by atoms with E-state index in [2.05, 4.69) is 52.8 Å². The average molecular weight is 465 g/mol. The topological polar surface area (TPSA) is 80.5 Å². The molecule has 0 aliphatic carbocycles. The predicted octanol–water partition coefficient (Wildman–Crippen LogP) is 5.39. The number of nitrogen functional groups attached to an aromatic ring is 1. The number of carbonyl (C=O) groups is 1. The first-order chi connectivity index (χ1) is 17.0. The maximum atomic E-state index is 14.0. The molecule has 176 valence electrons. The van der Waals surface area contributed by atoms with Crippen LogP contribution in [0.4, 0.5) is 11.5 Å². The highest BCUT2D eigenvalue weighted by Gasteiger charge is 2.32. The van der Waals surface area contributed by atoms with Crippen LogP contribution in [0.15, 0.2) is 66.7 Å². The first-order valence-electron chi connectivity index (χ1n) is 12.0. The smallest absolute Gasteiger partial charge is 0.254 e. The van der Waals surface area contributed by atoms with E-state index in [1.807, 2.05) is 43.1 Å². The van der Waals surface area contributed by atoms with Gasteiger partial charge < -0.3 is 20.7 Å². The van der Waals surface area contributed by atoms with Gasteiger partial charge in [0.15, 0.2) is 0 Å². The molecule has 2 aliphatic rings. The molecule has 2 unspecified atom stereocenters. The van der Waals surface area contributed by atoms with Crippen LogP contribution in [-0.2, 0) is 24.3 Å². The minimum Gasteiger partial charge on any atom is -0.388 e. The number of carbonyl (C=O) groups excluding carboxylic acids is 1. The number of fused-ring (bicyclic) bond motifs is 4. The van der Waals surface area contributed by atoms with Crippen LogP contribution >= 0.6 is 0 Å². The highest BCUT2D eigenvalue weighted by atomic mass is 16.5. The third-order valence-electron chi connectivity index (χ3n) is 7.39. The van der Waals surface area contributed by atoms with E-state index < -0.39 is 0 Å². The zero-order chi connectivity index (χ0) is 24.1. The van der Waals surface area contributed by atoms with Crippen LogP contribution in [0.25, 0.3) is 10.9 Å². The summed E-state index contributed by atoms with van der Waals surface area (Å²) in [4.78, 5) is 20.6. The van der Waals surface area contributed by atoms with E-state index in [1.165, 1.54) is 11.1 Å². The lowest BCUT2D eigenvalue weighted by Gasteiger charge is -2.37. The van der Waals surface area contributed by atoms with Crippen LogP contribution in [-0.4, -0.2) is 22.8 Å². The molecule has 1 amide bonds. The SMILES string of the molecule is CNc1ccc(C2Cc3ccccc3CN2C(=O)c2ccc3nc(N)c4c(c3c2)COC4C)cc1. The summed E-state index contributed by atoms with van der Waals surface area (Å²) < 4.78 is 5.84. The van der Waals surface area contributed by atoms with Gasteiger partial charge >= 0.3 is 0 Å². The summed E-state index contributed by atoms with van der Waals surface area (Å²) in [6.45, 7) is 3.04. The van der Waals surface area contributed by atoms with Crippen molar-refractivity contribution in [3.63, 3.8) is 0 Å². The summed E-state index contributed by atoms with van der Waals surface area (Å²) in [6.07, 6.45) is 0.692. The summed E-state index contributed by atoms with van der Waals surface area (Å²) in [6, 6.07) is 22.4. The Hall–Kier alpha value is -3.90. The van der Waals surface area contributed by atoms with Gasteiger partial charge in [0.05, 0.1) is 24.3 Å². The molecule has 0 spiro atoms. The lowest BCUT2D eigenvalue weighted by Crippen LogP contribution is -2.39. The van der Waals surface area contributed by atoms with Gasteiger partial charge in [0, 0.05) is 35.8 Å². The van der Waals surface area contributed by atoms with Gasteiger partial charge in [-0.15, -0.1) is 0 Å². The molecule has 0 bridgehead atoms. The number of benzene rings is 3. The third-order valence-corrected chi connectivity index (χ3v) is 7.39. The van der Waals surface area contributed by atoms with Crippen LogP contribution in [0.3, 0.4) is 0 Å². The number of ether oxygens (including phenoxy) is 1. The molecule has 6 nitrogen and oxygen atoms in total. The van der Waals surface area contributed by atoms with Crippen molar-refractivity contribution in [2.75, 3.05) is 18.1 Å². The summed E-state index contributed by atoms with van der Waals surface area (Å²) >= 11 is 0. The molecule has 3 N–H and O–H groups in total. The molecular formula is C29H28N4O2. The number of aromatic nitrogens is 1. The number of nitrogens with one attached hydrogen (secondary N) is 1. The summed E-state index contributed by atoms with van der Waals surface area (Å²) in [5.41, 5.74) is 14.3. The minimum atomic E-state index is -0.0928. The molecule has 3 aromatic carbocycles. The second-order valence-corrected chi connectivity index (χ2v) is 9.37. The Morgan fingerprint density at radius 1 is 1.09 bits per heavy atom. The van der Waals surface area contributed by atoms with Crippen LogP contribution < -0.4 is 11.1 Å². The molecule has 4 aromatic rings. The molecule has 2 aliphatic heterocycles. The second-order valence-electron chi connectivity index (χ2n) is 9.37. The molecule has 0 saturated carbocycles. The van der Waals surface area contributed by atoms with E-state index in [4.69, 9.17) is 10.5 Å². The number of hydrogen-bond donors (Lipinski definition) is 2. The summed E-state index contributed by atoms with van der Waals surface area (Å²) in [7, 11) is 1.91. The van der Waals surface area contributed by atoms with Crippen molar-refractivity contribution in [2.45, 2.75) is 38.6 Å². The van der Waals surface area contributed by atoms with Crippen LogP contribution in [0.5, 0.6) is 0 Å². The van der Waals surface area contributed by atoms with Gasteiger partial charge in [0.25, 0.3) is 5.91 Å². The molecule has 3 heterocycles. The minimum absolute atomic E-state index is 0.0154.